The van der Waals surface area contributed by atoms with Gasteiger partial charge < -0.3 is 24.4 Å². The van der Waals surface area contributed by atoms with Crippen molar-refractivity contribution in [2.75, 3.05) is 24.7 Å². The number of likely N-dealkylation sites (tertiary alicyclic amines) is 1. The Morgan fingerprint density at radius 3 is 2.61 bits per heavy atom. The molecule has 3 aliphatic rings. The number of para-hydroxylation sites is 1. The zero-order valence-corrected chi connectivity index (χ0v) is 23.4. The van der Waals surface area contributed by atoms with E-state index >= 15 is 0 Å². The number of carbonyl (C=O) groups is 3. The third-order valence-electron chi connectivity index (χ3n) is 8.46. The molecule has 3 aliphatic heterocycles. The van der Waals surface area contributed by atoms with Gasteiger partial charge in [-0.15, -0.1) is 6.58 Å². The van der Waals surface area contributed by atoms with Crippen LogP contribution < -0.4 is 4.90 Å². The summed E-state index contributed by atoms with van der Waals surface area (Å²) in [4.78, 5) is 45.3. The van der Waals surface area contributed by atoms with E-state index in [-0.39, 0.29) is 37.5 Å². The minimum atomic E-state index is -1.22. The minimum absolute atomic E-state index is 0.154. The Morgan fingerprint density at radius 1 is 1.32 bits per heavy atom. The summed E-state index contributed by atoms with van der Waals surface area (Å²) in [6, 6.07) is 5.37. The van der Waals surface area contributed by atoms with Crippen LogP contribution in [0.1, 0.15) is 53.4 Å². The summed E-state index contributed by atoms with van der Waals surface area (Å²) in [5.41, 5.74) is -1.60. The molecule has 0 aliphatic carbocycles. The summed E-state index contributed by atoms with van der Waals surface area (Å²) < 4.78 is 12.2. The van der Waals surface area contributed by atoms with Crippen molar-refractivity contribution in [3.05, 3.63) is 41.9 Å². The second-order valence-electron chi connectivity index (χ2n) is 11.0. The predicted octanol–water partition coefficient (Wildman–Crippen LogP) is 3.98. The highest BCUT2D eigenvalue weighted by Crippen LogP contribution is 2.65. The molecule has 8 nitrogen and oxygen atoms in total. The third-order valence-corrected chi connectivity index (χ3v) is 8.78. The summed E-state index contributed by atoms with van der Waals surface area (Å²) in [5, 5.41) is 10.8. The molecular weight excluding hydrogens is 508 g/mol. The van der Waals surface area contributed by atoms with Crippen LogP contribution in [0.2, 0.25) is 5.02 Å². The normalized spacial score (nSPS) is 30.4. The van der Waals surface area contributed by atoms with Crippen LogP contribution in [0, 0.1) is 17.8 Å². The van der Waals surface area contributed by atoms with Gasteiger partial charge in [0.1, 0.15) is 17.6 Å². The maximum Gasteiger partial charge on any atom is 0.312 e. The Kier molecular flexibility index (Phi) is 8.26. The molecule has 0 saturated carbocycles. The van der Waals surface area contributed by atoms with Gasteiger partial charge in [0.2, 0.25) is 5.91 Å². The highest BCUT2D eigenvalue weighted by molar-refractivity contribution is 6.34. The smallest absolute Gasteiger partial charge is 0.312 e. The molecular formula is C29H39ClN2O6. The molecule has 0 radical (unpaired) electrons. The first-order valence-electron chi connectivity index (χ1n) is 13.6. The van der Waals surface area contributed by atoms with Crippen LogP contribution in [0.4, 0.5) is 5.69 Å². The Balaban J connectivity index is 1.89. The van der Waals surface area contributed by atoms with Crippen LogP contribution >= 0.6 is 11.6 Å². The number of nitrogens with zero attached hydrogens (tertiary/aromatic N) is 2. The van der Waals surface area contributed by atoms with Crippen LogP contribution in [0.3, 0.4) is 0 Å². The largest absolute Gasteiger partial charge is 0.466 e. The van der Waals surface area contributed by atoms with Crippen molar-refractivity contribution >= 4 is 35.1 Å². The molecule has 9 heteroatoms. The van der Waals surface area contributed by atoms with E-state index in [1.54, 1.807) is 37.3 Å². The average molecular weight is 547 g/mol. The maximum absolute atomic E-state index is 14.6. The lowest BCUT2D eigenvalue weighted by atomic mass is 9.65. The Hall–Kier alpha value is -2.42. The lowest BCUT2D eigenvalue weighted by molar-refractivity contribution is -0.161. The van der Waals surface area contributed by atoms with Crippen molar-refractivity contribution in [3.8, 4) is 0 Å². The fourth-order valence-corrected chi connectivity index (χ4v) is 7.23. The zero-order chi connectivity index (χ0) is 27.8. The summed E-state index contributed by atoms with van der Waals surface area (Å²) in [6.07, 6.45) is 3.60. The second kappa shape index (κ2) is 11.0. The molecule has 6 atom stereocenters. The number of benzene rings is 1. The number of ether oxygens (including phenoxy) is 2. The third kappa shape index (κ3) is 4.34. The van der Waals surface area contributed by atoms with E-state index in [4.69, 9.17) is 21.1 Å². The number of fused-ring (bicyclic) bond motifs is 1. The molecule has 1 spiro atoms. The van der Waals surface area contributed by atoms with E-state index < -0.39 is 41.1 Å². The standard InChI is InChI=1S/C29H39ClN2O6/c1-6-15-31(21-12-10-9-11-20(21)30)26(35)24-29-14-13-28(7-2,38-29)23(27(36)37-8-3)22(29)25(34)32(24)19(17-33)16-18(4)5/h6,9-12,18-19,22-24,33H,1,7-8,13-17H2,2-5H3/t19-,22+,23+,24?,28-,29?/m1/s1. The molecule has 1 N–H and O–H groups in total. The van der Waals surface area contributed by atoms with E-state index in [9.17, 15) is 19.5 Å². The van der Waals surface area contributed by atoms with Crippen LogP contribution in [0.25, 0.3) is 0 Å². The number of halogens is 1. The van der Waals surface area contributed by atoms with Crippen molar-refractivity contribution in [2.24, 2.45) is 17.8 Å². The van der Waals surface area contributed by atoms with Gasteiger partial charge in [0.15, 0.2) is 0 Å². The molecule has 208 valence electrons. The number of aliphatic hydroxyl groups is 1. The SMILES string of the molecule is C=CCN(C(=O)C1N([C@@H](CO)CC(C)C)C(=O)[C@@H]2[C@@H](C(=O)OCC)[C@@]3(CC)CCC12O3)c1ccccc1Cl. The molecule has 0 aromatic heterocycles. The number of amides is 2. The molecule has 1 aromatic carbocycles. The van der Waals surface area contributed by atoms with E-state index in [0.717, 1.165) is 0 Å². The van der Waals surface area contributed by atoms with E-state index in [1.165, 1.54) is 9.80 Å². The van der Waals surface area contributed by atoms with Gasteiger partial charge in [-0.1, -0.05) is 50.6 Å². The van der Waals surface area contributed by atoms with Crippen LogP contribution in [0.5, 0.6) is 0 Å². The van der Waals surface area contributed by atoms with Crippen molar-refractivity contribution in [3.63, 3.8) is 0 Å². The topological polar surface area (TPSA) is 96.4 Å². The lowest BCUT2D eigenvalue weighted by Crippen LogP contribution is -2.59. The predicted molar refractivity (Wildman–Crippen MR) is 145 cm³/mol. The van der Waals surface area contributed by atoms with E-state index in [1.807, 2.05) is 20.8 Å². The maximum atomic E-state index is 14.6. The van der Waals surface area contributed by atoms with E-state index in [2.05, 4.69) is 6.58 Å². The fourth-order valence-electron chi connectivity index (χ4n) is 6.99. The van der Waals surface area contributed by atoms with Gasteiger partial charge in [-0.25, -0.2) is 0 Å². The molecule has 4 rings (SSSR count). The summed E-state index contributed by atoms with van der Waals surface area (Å²) in [7, 11) is 0. The average Bonchev–Trinajstić information content (AvgIpc) is 3.49. The van der Waals surface area contributed by atoms with E-state index in [0.29, 0.717) is 36.4 Å². The quantitative estimate of drug-likeness (QED) is 0.333. The minimum Gasteiger partial charge on any atom is -0.466 e. The molecule has 3 fully saturated rings. The summed E-state index contributed by atoms with van der Waals surface area (Å²) >= 11 is 6.52. The summed E-state index contributed by atoms with van der Waals surface area (Å²) in [6.45, 7) is 11.5. The molecule has 3 heterocycles. The zero-order valence-electron chi connectivity index (χ0n) is 22.7. The van der Waals surface area contributed by atoms with Crippen molar-refractivity contribution in [1.82, 2.24) is 4.90 Å². The van der Waals surface area contributed by atoms with Gasteiger partial charge in [0.25, 0.3) is 5.91 Å². The van der Waals surface area contributed by atoms with Gasteiger partial charge in [-0.3, -0.25) is 14.4 Å². The molecule has 1 aromatic rings. The number of rotatable bonds is 11. The highest BCUT2D eigenvalue weighted by atomic mass is 35.5. The van der Waals surface area contributed by atoms with Gasteiger partial charge in [-0.05, 0) is 50.7 Å². The first kappa shape index (κ1) is 28.6. The first-order chi connectivity index (χ1) is 18.1. The molecule has 3 saturated heterocycles. The van der Waals surface area contributed by atoms with Crippen molar-refractivity contribution in [2.45, 2.75) is 76.7 Å². The van der Waals surface area contributed by atoms with Crippen LogP contribution in [0.15, 0.2) is 36.9 Å². The lowest BCUT2D eigenvalue weighted by Gasteiger charge is -2.40. The van der Waals surface area contributed by atoms with Gasteiger partial charge >= 0.3 is 5.97 Å². The van der Waals surface area contributed by atoms with Gasteiger partial charge in [-0.2, -0.15) is 0 Å². The fraction of sp³-hybridized carbons (Fsp3) is 0.621. The Morgan fingerprint density at radius 2 is 2.03 bits per heavy atom. The van der Waals surface area contributed by atoms with Gasteiger partial charge in [0, 0.05) is 6.54 Å². The monoisotopic (exact) mass is 546 g/mol. The Labute approximate surface area is 229 Å². The van der Waals surface area contributed by atoms with Crippen LogP contribution in [-0.4, -0.2) is 70.8 Å². The number of esters is 1. The number of carbonyl (C=O) groups excluding carboxylic acids is 3. The molecule has 2 unspecified atom stereocenters. The molecule has 2 amide bonds. The van der Waals surface area contributed by atoms with Crippen LogP contribution in [-0.2, 0) is 23.9 Å². The second-order valence-corrected chi connectivity index (χ2v) is 11.4. The summed E-state index contributed by atoms with van der Waals surface area (Å²) in [5.74, 6) is -2.72. The Bertz CT molecular complexity index is 1090. The molecule has 2 bridgehead atoms. The number of hydrogen-bond acceptors (Lipinski definition) is 6. The highest BCUT2D eigenvalue weighted by Gasteiger charge is 2.79. The number of aliphatic hydroxyl groups excluding tert-OH is 1. The van der Waals surface area contributed by atoms with Gasteiger partial charge in [0.05, 0.1) is 41.5 Å². The van der Waals surface area contributed by atoms with Crippen molar-refractivity contribution < 1.29 is 29.0 Å². The van der Waals surface area contributed by atoms with Crippen molar-refractivity contribution in [1.29, 1.82) is 0 Å². The molecule has 38 heavy (non-hydrogen) atoms. The number of hydrogen-bond donors (Lipinski definition) is 1. The first-order valence-corrected chi connectivity index (χ1v) is 14.0. The number of anilines is 1.